The summed E-state index contributed by atoms with van der Waals surface area (Å²) in [6, 6.07) is 14.6. The van der Waals surface area contributed by atoms with Crippen molar-refractivity contribution in [3.8, 4) is 0 Å². The number of carbonyl (C=O) groups is 1. The number of nitrogens with zero attached hydrogens (tertiary/aromatic N) is 2. The predicted octanol–water partition coefficient (Wildman–Crippen LogP) is 4.72. The molecule has 3 heterocycles. The first kappa shape index (κ1) is 21.1. The van der Waals surface area contributed by atoms with Crippen molar-refractivity contribution in [3.05, 3.63) is 47.5 Å². The van der Waals surface area contributed by atoms with Gasteiger partial charge in [-0.25, -0.2) is 0 Å². The lowest BCUT2D eigenvalue weighted by molar-refractivity contribution is -0.151. The number of piperidine rings is 1. The molecule has 31 heavy (non-hydrogen) atoms. The Bertz CT molecular complexity index is 977. The van der Waals surface area contributed by atoms with Gasteiger partial charge in [0.25, 0.3) is 0 Å². The van der Waals surface area contributed by atoms with Gasteiger partial charge in [-0.3, -0.25) is 4.79 Å². The lowest BCUT2D eigenvalue weighted by atomic mass is 9.78. The van der Waals surface area contributed by atoms with Crippen LogP contribution in [0, 0.1) is 5.92 Å². The average Bonchev–Trinajstić information content (AvgIpc) is 3.22. The number of esters is 1. The van der Waals surface area contributed by atoms with E-state index >= 15 is 0 Å². The van der Waals surface area contributed by atoms with Gasteiger partial charge in [0.15, 0.2) is 0 Å². The molecule has 0 radical (unpaired) electrons. The fourth-order valence-electron chi connectivity index (χ4n) is 4.99. The van der Waals surface area contributed by atoms with Gasteiger partial charge in [-0.1, -0.05) is 35.5 Å². The molecule has 2 aromatic rings. The Morgan fingerprint density at radius 2 is 1.87 bits per heavy atom. The molecule has 0 amide bonds. The van der Waals surface area contributed by atoms with Crippen molar-refractivity contribution in [1.82, 2.24) is 4.90 Å². The summed E-state index contributed by atoms with van der Waals surface area (Å²) >= 11 is 8.11. The minimum atomic E-state index is -0.900. The normalized spacial score (nSPS) is 22.7. The number of para-hydroxylation sites is 1. The Kier molecular flexibility index (Phi) is 5.90. The summed E-state index contributed by atoms with van der Waals surface area (Å²) in [4.78, 5) is 19.2. The van der Waals surface area contributed by atoms with Gasteiger partial charge < -0.3 is 19.6 Å². The number of halogens is 1. The molecule has 2 aromatic carbocycles. The number of likely N-dealkylation sites (tertiary alicyclic amines) is 1. The molecule has 5 nitrogen and oxygen atoms in total. The van der Waals surface area contributed by atoms with Crippen LogP contribution in [0.25, 0.3) is 0 Å². The zero-order chi connectivity index (χ0) is 21.4. The number of rotatable bonds is 5. The zero-order valence-corrected chi connectivity index (χ0v) is 19.0. The smallest absolute Gasteiger partial charge is 0.311 e. The largest absolute Gasteiger partial charge is 0.465 e. The Morgan fingerprint density at radius 1 is 1.10 bits per heavy atom. The lowest BCUT2D eigenvalue weighted by Gasteiger charge is -2.40. The van der Waals surface area contributed by atoms with E-state index in [0.717, 1.165) is 37.6 Å². The van der Waals surface area contributed by atoms with Crippen LogP contribution in [0.5, 0.6) is 0 Å². The highest BCUT2D eigenvalue weighted by Gasteiger charge is 2.46. The summed E-state index contributed by atoms with van der Waals surface area (Å²) in [5.41, 5.74) is 1.50. The number of aliphatic hydroxyl groups is 1. The van der Waals surface area contributed by atoms with Crippen LogP contribution < -0.4 is 4.90 Å². The molecule has 7 heteroatoms. The fraction of sp³-hybridized carbons (Fsp3) is 0.458. The number of benzene rings is 2. The molecular formula is C24H27ClN2O3S. The van der Waals surface area contributed by atoms with E-state index in [2.05, 4.69) is 46.2 Å². The summed E-state index contributed by atoms with van der Waals surface area (Å²) in [6.07, 6.45) is 2.92. The second-order valence-electron chi connectivity index (χ2n) is 8.64. The third-order valence-corrected chi connectivity index (χ3v) is 8.12. The van der Waals surface area contributed by atoms with Gasteiger partial charge in [0.05, 0.1) is 29.5 Å². The van der Waals surface area contributed by atoms with Gasteiger partial charge in [-0.15, -0.1) is 0 Å². The van der Waals surface area contributed by atoms with Crippen molar-refractivity contribution in [2.24, 2.45) is 5.92 Å². The van der Waals surface area contributed by atoms with Gasteiger partial charge in [0.1, 0.15) is 0 Å². The van der Waals surface area contributed by atoms with Crippen LogP contribution in [-0.4, -0.2) is 54.4 Å². The Balaban J connectivity index is 1.22. The maximum absolute atomic E-state index is 11.9. The van der Waals surface area contributed by atoms with Crippen LogP contribution >= 0.6 is 23.4 Å². The van der Waals surface area contributed by atoms with Crippen LogP contribution in [0.1, 0.15) is 25.7 Å². The predicted molar refractivity (Wildman–Crippen MR) is 123 cm³/mol. The van der Waals surface area contributed by atoms with E-state index in [4.69, 9.17) is 16.3 Å². The number of cyclic esters (lactones) is 1. The van der Waals surface area contributed by atoms with Crippen molar-refractivity contribution in [3.63, 3.8) is 0 Å². The number of ether oxygens (including phenoxy) is 1. The van der Waals surface area contributed by atoms with Crippen LogP contribution in [0.4, 0.5) is 11.4 Å². The second kappa shape index (κ2) is 8.66. The van der Waals surface area contributed by atoms with Crippen LogP contribution in [0.15, 0.2) is 52.3 Å². The van der Waals surface area contributed by atoms with E-state index in [-0.39, 0.29) is 11.9 Å². The molecule has 2 fully saturated rings. The Hall–Kier alpha value is -1.73. The number of fused-ring (bicyclic) bond motifs is 2. The number of hydrogen-bond donors (Lipinski definition) is 1. The van der Waals surface area contributed by atoms with Gasteiger partial charge in [-0.2, -0.15) is 0 Å². The number of anilines is 2. The van der Waals surface area contributed by atoms with E-state index in [9.17, 15) is 9.90 Å². The average molecular weight is 459 g/mol. The number of carbonyl (C=O) groups excluding carboxylic acids is 1. The van der Waals surface area contributed by atoms with E-state index in [1.165, 1.54) is 21.2 Å². The van der Waals surface area contributed by atoms with Crippen molar-refractivity contribution in [2.75, 3.05) is 37.7 Å². The Morgan fingerprint density at radius 3 is 2.65 bits per heavy atom. The van der Waals surface area contributed by atoms with Crippen LogP contribution in [0.3, 0.4) is 0 Å². The molecule has 3 aliphatic rings. The van der Waals surface area contributed by atoms with E-state index < -0.39 is 5.60 Å². The van der Waals surface area contributed by atoms with Crippen molar-refractivity contribution in [1.29, 1.82) is 0 Å². The molecule has 0 bridgehead atoms. The van der Waals surface area contributed by atoms with Crippen molar-refractivity contribution >= 4 is 40.7 Å². The second-order valence-corrected chi connectivity index (χ2v) is 10.2. The maximum atomic E-state index is 11.9. The van der Waals surface area contributed by atoms with Gasteiger partial charge in [-0.05, 0) is 62.6 Å². The number of hydrogen-bond acceptors (Lipinski definition) is 6. The van der Waals surface area contributed by atoms with Crippen LogP contribution in [0.2, 0.25) is 5.02 Å². The monoisotopic (exact) mass is 458 g/mol. The molecule has 0 aliphatic carbocycles. The van der Waals surface area contributed by atoms with Crippen molar-refractivity contribution < 1.29 is 14.6 Å². The molecule has 0 aromatic heterocycles. The molecule has 2 saturated heterocycles. The summed E-state index contributed by atoms with van der Waals surface area (Å²) in [5, 5.41) is 11.7. The van der Waals surface area contributed by atoms with E-state index in [1.54, 1.807) is 11.8 Å². The quantitative estimate of drug-likeness (QED) is 0.654. The molecule has 1 atom stereocenters. The lowest BCUT2D eigenvalue weighted by Crippen LogP contribution is -2.50. The first-order valence-corrected chi connectivity index (χ1v) is 12.2. The highest BCUT2D eigenvalue weighted by molar-refractivity contribution is 7.99. The molecule has 0 saturated carbocycles. The minimum absolute atomic E-state index is 0.227. The molecule has 0 spiro atoms. The minimum Gasteiger partial charge on any atom is -0.465 e. The molecule has 0 unspecified atom stereocenters. The molecular weight excluding hydrogens is 432 g/mol. The standard InChI is InChI=1S/C24H27ClN2O3S/c25-17-6-7-22-20(16-17)27(19-4-1-2-5-21(19)31-22)12-3-11-26-13-9-24(29,10-14-26)18-8-15-30-23(18)28/h1-2,4-7,16,18,29H,3,8-15H2/t18-/m0/s1. The molecule has 164 valence electrons. The third kappa shape index (κ3) is 4.19. The van der Waals surface area contributed by atoms with Crippen LogP contribution in [-0.2, 0) is 9.53 Å². The fourth-order valence-corrected chi connectivity index (χ4v) is 6.23. The topological polar surface area (TPSA) is 53.0 Å². The maximum Gasteiger partial charge on any atom is 0.311 e. The highest BCUT2D eigenvalue weighted by Crippen LogP contribution is 2.48. The first-order chi connectivity index (χ1) is 15.0. The summed E-state index contributed by atoms with van der Waals surface area (Å²) in [7, 11) is 0. The van der Waals surface area contributed by atoms with Gasteiger partial charge >= 0.3 is 5.97 Å². The first-order valence-electron chi connectivity index (χ1n) is 11.0. The van der Waals surface area contributed by atoms with Gasteiger partial charge in [0, 0.05) is 34.4 Å². The summed E-state index contributed by atoms with van der Waals surface area (Å²) in [6.45, 7) is 3.94. The highest BCUT2D eigenvalue weighted by atomic mass is 35.5. The third-order valence-electron chi connectivity index (χ3n) is 6.75. The molecule has 1 N–H and O–H groups in total. The van der Waals surface area contributed by atoms with Gasteiger partial charge in [0.2, 0.25) is 0 Å². The molecule has 5 rings (SSSR count). The Labute approximate surface area is 192 Å². The SMILES string of the molecule is O=C1OCC[C@@H]1C1(O)CCN(CCCN2c3ccccc3Sc3ccc(Cl)cc32)CC1. The summed E-state index contributed by atoms with van der Waals surface area (Å²) in [5.74, 6) is -0.576. The van der Waals surface area contributed by atoms with E-state index in [1.807, 2.05) is 6.07 Å². The van der Waals surface area contributed by atoms with E-state index in [0.29, 0.717) is 25.9 Å². The molecule has 3 aliphatic heterocycles. The summed E-state index contributed by atoms with van der Waals surface area (Å²) < 4.78 is 5.08. The van der Waals surface area contributed by atoms with Crippen molar-refractivity contribution in [2.45, 2.75) is 41.1 Å². The zero-order valence-electron chi connectivity index (χ0n) is 17.4.